The lowest BCUT2D eigenvalue weighted by atomic mass is 10.2. The summed E-state index contributed by atoms with van der Waals surface area (Å²) in [6, 6.07) is 4.28. The van der Waals surface area contributed by atoms with Gasteiger partial charge < -0.3 is 9.15 Å². The summed E-state index contributed by atoms with van der Waals surface area (Å²) in [6.45, 7) is 1.85. The SMILES string of the molecule is CCOC(=O)c1nnc(-c2cc(Br)ccc2F)o1. The van der Waals surface area contributed by atoms with Gasteiger partial charge in [0.2, 0.25) is 0 Å². The lowest BCUT2D eigenvalue weighted by Crippen LogP contribution is -2.04. The standard InChI is InChI=1S/C11H8BrFN2O3/c1-2-17-11(16)10-15-14-9(18-10)7-5-6(12)3-4-8(7)13/h3-5H,2H2,1H3. The van der Waals surface area contributed by atoms with E-state index in [-0.39, 0.29) is 24.0 Å². The number of benzene rings is 1. The molecule has 0 bridgehead atoms. The Balaban J connectivity index is 2.35. The molecular formula is C11H8BrFN2O3. The smallest absolute Gasteiger partial charge is 0.396 e. The van der Waals surface area contributed by atoms with Crippen molar-refractivity contribution in [1.82, 2.24) is 10.2 Å². The van der Waals surface area contributed by atoms with E-state index < -0.39 is 11.8 Å². The molecule has 18 heavy (non-hydrogen) atoms. The van der Waals surface area contributed by atoms with Crippen LogP contribution in [0.4, 0.5) is 4.39 Å². The second-order valence-electron chi connectivity index (χ2n) is 3.26. The van der Waals surface area contributed by atoms with Gasteiger partial charge in [-0.1, -0.05) is 15.9 Å². The van der Waals surface area contributed by atoms with Crippen molar-refractivity contribution in [2.45, 2.75) is 6.92 Å². The number of halogens is 2. The second-order valence-corrected chi connectivity index (χ2v) is 4.17. The predicted molar refractivity (Wildman–Crippen MR) is 63.3 cm³/mol. The molecule has 0 aliphatic heterocycles. The molecule has 0 saturated carbocycles. The van der Waals surface area contributed by atoms with Gasteiger partial charge in [-0.2, -0.15) is 0 Å². The summed E-state index contributed by atoms with van der Waals surface area (Å²) in [6.07, 6.45) is 0. The van der Waals surface area contributed by atoms with Crippen LogP contribution in [0.2, 0.25) is 0 Å². The number of nitrogens with zero attached hydrogens (tertiary/aromatic N) is 2. The van der Waals surface area contributed by atoms with E-state index in [1.54, 1.807) is 13.0 Å². The van der Waals surface area contributed by atoms with E-state index in [2.05, 4.69) is 26.1 Å². The molecule has 0 N–H and O–H groups in total. The highest BCUT2D eigenvalue weighted by Crippen LogP contribution is 2.25. The highest BCUT2D eigenvalue weighted by Gasteiger charge is 2.18. The van der Waals surface area contributed by atoms with Crippen molar-refractivity contribution in [1.29, 1.82) is 0 Å². The Morgan fingerprint density at radius 1 is 1.50 bits per heavy atom. The molecule has 1 heterocycles. The highest BCUT2D eigenvalue weighted by molar-refractivity contribution is 9.10. The Bertz CT molecular complexity index is 585. The molecule has 0 amide bonds. The van der Waals surface area contributed by atoms with Crippen LogP contribution in [0.15, 0.2) is 27.1 Å². The molecule has 7 heteroatoms. The Morgan fingerprint density at radius 2 is 2.28 bits per heavy atom. The van der Waals surface area contributed by atoms with Crippen molar-refractivity contribution in [3.8, 4) is 11.5 Å². The zero-order valence-electron chi connectivity index (χ0n) is 9.31. The molecule has 2 rings (SSSR count). The van der Waals surface area contributed by atoms with E-state index in [0.29, 0.717) is 4.47 Å². The van der Waals surface area contributed by atoms with Crippen molar-refractivity contribution in [3.63, 3.8) is 0 Å². The molecular weight excluding hydrogens is 307 g/mol. The first kappa shape index (κ1) is 12.7. The first-order chi connectivity index (χ1) is 8.61. The molecule has 2 aromatic rings. The van der Waals surface area contributed by atoms with Crippen molar-refractivity contribution in [3.05, 3.63) is 34.4 Å². The third-order valence-electron chi connectivity index (χ3n) is 2.03. The quantitative estimate of drug-likeness (QED) is 0.815. The molecule has 0 unspecified atom stereocenters. The van der Waals surface area contributed by atoms with Crippen LogP contribution in [0.1, 0.15) is 17.6 Å². The van der Waals surface area contributed by atoms with Crippen molar-refractivity contribution >= 4 is 21.9 Å². The van der Waals surface area contributed by atoms with E-state index in [1.807, 2.05) is 0 Å². The molecule has 94 valence electrons. The van der Waals surface area contributed by atoms with Gasteiger partial charge in [-0.15, -0.1) is 10.2 Å². The van der Waals surface area contributed by atoms with Crippen molar-refractivity contribution in [2.24, 2.45) is 0 Å². The van der Waals surface area contributed by atoms with E-state index >= 15 is 0 Å². The van der Waals surface area contributed by atoms with Gasteiger partial charge >= 0.3 is 11.9 Å². The number of hydrogen-bond donors (Lipinski definition) is 0. The fraction of sp³-hybridized carbons (Fsp3) is 0.182. The Labute approximate surface area is 110 Å². The zero-order valence-corrected chi connectivity index (χ0v) is 10.9. The summed E-state index contributed by atoms with van der Waals surface area (Å²) in [4.78, 5) is 11.3. The van der Waals surface area contributed by atoms with Crippen LogP contribution in [0.25, 0.3) is 11.5 Å². The normalized spacial score (nSPS) is 10.4. The van der Waals surface area contributed by atoms with E-state index in [1.165, 1.54) is 12.1 Å². The summed E-state index contributed by atoms with van der Waals surface area (Å²) in [7, 11) is 0. The first-order valence-electron chi connectivity index (χ1n) is 5.08. The number of hydrogen-bond acceptors (Lipinski definition) is 5. The third kappa shape index (κ3) is 2.56. The Kier molecular flexibility index (Phi) is 3.71. The average molecular weight is 315 g/mol. The van der Waals surface area contributed by atoms with Gasteiger partial charge in [0, 0.05) is 4.47 Å². The largest absolute Gasteiger partial charge is 0.459 e. The molecule has 1 aromatic carbocycles. The second kappa shape index (κ2) is 5.26. The number of carbonyl (C=O) groups is 1. The first-order valence-corrected chi connectivity index (χ1v) is 5.87. The van der Waals surface area contributed by atoms with E-state index in [9.17, 15) is 9.18 Å². The van der Waals surface area contributed by atoms with Gasteiger partial charge in [0.25, 0.3) is 5.89 Å². The fourth-order valence-electron chi connectivity index (χ4n) is 1.27. The number of ether oxygens (including phenoxy) is 1. The monoisotopic (exact) mass is 314 g/mol. The molecule has 0 fully saturated rings. The Hall–Kier alpha value is -1.76. The maximum absolute atomic E-state index is 13.5. The average Bonchev–Trinajstić information content (AvgIpc) is 2.82. The maximum atomic E-state index is 13.5. The summed E-state index contributed by atoms with van der Waals surface area (Å²) in [5.41, 5.74) is 0.118. The van der Waals surface area contributed by atoms with Crippen LogP contribution in [0.3, 0.4) is 0 Å². The minimum Gasteiger partial charge on any atom is -0.459 e. The predicted octanol–water partition coefficient (Wildman–Crippen LogP) is 2.81. The van der Waals surface area contributed by atoms with Crippen LogP contribution in [0.5, 0.6) is 0 Å². The van der Waals surface area contributed by atoms with Crippen LogP contribution >= 0.6 is 15.9 Å². The van der Waals surface area contributed by atoms with Crippen LogP contribution < -0.4 is 0 Å². The number of carbonyl (C=O) groups excluding carboxylic acids is 1. The van der Waals surface area contributed by atoms with Gasteiger partial charge in [0.15, 0.2) is 0 Å². The summed E-state index contributed by atoms with van der Waals surface area (Å²) < 4.78 is 24.0. The highest BCUT2D eigenvalue weighted by atomic mass is 79.9. The Morgan fingerprint density at radius 3 is 3.00 bits per heavy atom. The maximum Gasteiger partial charge on any atom is 0.396 e. The topological polar surface area (TPSA) is 65.2 Å². The van der Waals surface area contributed by atoms with Gasteiger partial charge in [0.1, 0.15) is 5.82 Å². The van der Waals surface area contributed by atoms with Crippen LogP contribution in [0, 0.1) is 5.82 Å². The molecule has 1 aromatic heterocycles. The van der Waals surface area contributed by atoms with Crippen molar-refractivity contribution < 1.29 is 18.3 Å². The minimum absolute atomic E-state index is 0.0724. The molecule has 0 spiro atoms. The summed E-state index contributed by atoms with van der Waals surface area (Å²) in [5, 5.41) is 7.12. The molecule has 0 atom stereocenters. The summed E-state index contributed by atoms with van der Waals surface area (Å²) >= 11 is 3.21. The molecule has 5 nitrogen and oxygen atoms in total. The zero-order chi connectivity index (χ0) is 13.1. The van der Waals surface area contributed by atoms with Gasteiger partial charge in [0.05, 0.1) is 12.2 Å². The molecule has 0 saturated heterocycles. The fourth-order valence-corrected chi connectivity index (χ4v) is 1.63. The van der Waals surface area contributed by atoms with Crippen LogP contribution in [-0.2, 0) is 4.74 Å². The number of aromatic nitrogens is 2. The van der Waals surface area contributed by atoms with E-state index in [4.69, 9.17) is 9.15 Å². The van der Waals surface area contributed by atoms with Gasteiger partial charge in [-0.25, -0.2) is 9.18 Å². The molecule has 0 aliphatic rings. The third-order valence-corrected chi connectivity index (χ3v) is 2.53. The van der Waals surface area contributed by atoms with Crippen LogP contribution in [-0.4, -0.2) is 22.8 Å². The van der Waals surface area contributed by atoms with Crippen molar-refractivity contribution in [2.75, 3.05) is 6.61 Å². The summed E-state index contributed by atoms with van der Waals surface area (Å²) in [5.74, 6) is -1.62. The van der Waals surface area contributed by atoms with Gasteiger partial charge in [-0.05, 0) is 25.1 Å². The lowest BCUT2D eigenvalue weighted by molar-refractivity contribution is 0.0481. The van der Waals surface area contributed by atoms with Gasteiger partial charge in [-0.3, -0.25) is 0 Å². The number of esters is 1. The number of rotatable bonds is 3. The molecule has 0 radical (unpaired) electrons. The lowest BCUT2D eigenvalue weighted by Gasteiger charge is -1.98. The molecule has 0 aliphatic carbocycles. The minimum atomic E-state index is -0.730. The van der Waals surface area contributed by atoms with E-state index in [0.717, 1.165) is 0 Å².